The third kappa shape index (κ3) is 5.98. The second-order valence-electron chi connectivity index (χ2n) is 8.59. The van der Waals surface area contributed by atoms with Crippen LogP contribution in [0.15, 0.2) is 36.7 Å². The van der Waals surface area contributed by atoms with E-state index in [1.54, 1.807) is 6.07 Å². The molecule has 0 spiro atoms. The normalized spacial score (nSPS) is 17.6. The minimum atomic E-state index is -4.21. The van der Waals surface area contributed by atoms with Crippen molar-refractivity contribution in [2.45, 2.75) is 51.2 Å². The Labute approximate surface area is 190 Å². The molecule has 0 radical (unpaired) electrons. The van der Waals surface area contributed by atoms with Crippen molar-refractivity contribution in [3.05, 3.63) is 52.7 Å². The van der Waals surface area contributed by atoms with Gasteiger partial charge < -0.3 is 10.2 Å². The molecule has 0 bridgehead atoms. The number of anilines is 1. The summed E-state index contributed by atoms with van der Waals surface area (Å²) in [7, 11) is 1.96. The van der Waals surface area contributed by atoms with Crippen LogP contribution in [0.25, 0.3) is 10.2 Å². The number of hydrogen-bond acceptors (Lipinski definition) is 5. The van der Waals surface area contributed by atoms with Crippen LogP contribution in [0.1, 0.15) is 41.7 Å². The van der Waals surface area contributed by atoms with Gasteiger partial charge in [-0.1, -0.05) is 24.3 Å². The highest BCUT2D eigenvalue weighted by Gasteiger charge is 2.29. The number of rotatable bonds is 7. The first-order valence-corrected chi connectivity index (χ1v) is 12.0. The quantitative estimate of drug-likeness (QED) is 0.485. The van der Waals surface area contributed by atoms with Crippen molar-refractivity contribution < 1.29 is 13.2 Å². The van der Waals surface area contributed by atoms with E-state index in [0.29, 0.717) is 15.6 Å². The number of thiophene rings is 1. The van der Waals surface area contributed by atoms with Crippen molar-refractivity contribution in [3.8, 4) is 0 Å². The largest absolute Gasteiger partial charge is 0.393 e. The molecule has 8 heteroatoms. The number of aryl methyl sites for hydroxylation is 1. The Morgan fingerprint density at radius 2 is 1.97 bits per heavy atom. The average molecular weight is 463 g/mol. The number of alkyl halides is 3. The van der Waals surface area contributed by atoms with Gasteiger partial charge in [-0.25, -0.2) is 9.97 Å². The zero-order valence-corrected chi connectivity index (χ0v) is 19.1. The van der Waals surface area contributed by atoms with Crippen molar-refractivity contribution in [2.75, 3.05) is 25.0 Å². The summed E-state index contributed by atoms with van der Waals surface area (Å²) >= 11 is 1.12. The zero-order valence-electron chi connectivity index (χ0n) is 18.3. The van der Waals surface area contributed by atoms with Gasteiger partial charge in [-0.3, -0.25) is 0 Å². The second kappa shape index (κ2) is 10.2. The lowest BCUT2D eigenvalue weighted by Crippen LogP contribution is -2.25. The van der Waals surface area contributed by atoms with Gasteiger partial charge in [0.1, 0.15) is 17.0 Å². The predicted molar refractivity (Wildman–Crippen MR) is 124 cm³/mol. The molecule has 172 valence electrons. The first kappa shape index (κ1) is 23.0. The highest BCUT2D eigenvalue weighted by molar-refractivity contribution is 7.18. The molecule has 1 aliphatic heterocycles. The number of nitrogens with zero attached hydrogens (tertiary/aromatic N) is 3. The molecule has 1 aliphatic rings. The van der Waals surface area contributed by atoms with Gasteiger partial charge in [0.25, 0.3) is 0 Å². The highest BCUT2D eigenvalue weighted by Crippen LogP contribution is 2.35. The van der Waals surface area contributed by atoms with Gasteiger partial charge >= 0.3 is 6.18 Å². The molecule has 3 aromatic rings. The maximum Gasteiger partial charge on any atom is 0.393 e. The molecule has 1 N–H and O–H groups in total. The summed E-state index contributed by atoms with van der Waals surface area (Å²) in [6.45, 7) is 2.64. The topological polar surface area (TPSA) is 41.0 Å². The number of fused-ring (bicyclic) bond motifs is 1. The lowest BCUT2D eigenvalue weighted by Gasteiger charge is -2.22. The fourth-order valence-corrected chi connectivity index (χ4v) is 5.59. The second-order valence-corrected chi connectivity index (χ2v) is 9.71. The van der Waals surface area contributed by atoms with E-state index in [1.807, 2.05) is 7.05 Å². The van der Waals surface area contributed by atoms with Gasteiger partial charge in [0.05, 0.1) is 11.8 Å². The summed E-state index contributed by atoms with van der Waals surface area (Å²) < 4.78 is 38.5. The highest BCUT2D eigenvalue weighted by atomic mass is 32.1. The van der Waals surface area contributed by atoms with Crippen LogP contribution >= 0.6 is 11.3 Å². The fraction of sp³-hybridized carbons (Fsp3) is 0.500. The van der Waals surface area contributed by atoms with E-state index in [4.69, 9.17) is 0 Å². The molecular weight excluding hydrogens is 433 g/mol. The maximum absolute atomic E-state index is 12.8. The van der Waals surface area contributed by atoms with Gasteiger partial charge in [-0.15, -0.1) is 11.3 Å². The van der Waals surface area contributed by atoms with Crippen LogP contribution in [-0.4, -0.2) is 36.3 Å². The molecule has 1 fully saturated rings. The molecule has 4 nitrogen and oxygen atoms in total. The molecular formula is C24H29F3N4S. The van der Waals surface area contributed by atoms with Crippen molar-refractivity contribution >= 4 is 27.4 Å². The molecule has 0 aliphatic carbocycles. The monoisotopic (exact) mass is 462 g/mol. The first-order chi connectivity index (χ1) is 15.4. The average Bonchev–Trinajstić information content (AvgIpc) is 2.99. The van der Waals surface area contributed by atoms with E-state index < -0.39 is 12.6 Å². The summed E-state index contributed by atoms with van der Waals surface area (Å²) in [4.78, 5) is 11.8. The molecule has 1 saturated heterocycles. The minimum Gasteiger partial charge on any atom is -0.356 e. The van der Waals surface area contributed by atoms with Crippen LogP contribution in [0.3, 0.4) is 0 Å². The van der Waals surface area contributed by atoms with Crippen LogP contribution in [-0.2, 0) is 19.4 Å². The summed E-state index contributed by atoms with van der Waals surface area (Å²) in [5, 5.41) is 3.95. The molecule has 3 heterocycles. The Bertz CT molecular complexity index is 1030. The van der Waals surface area contributed by atoms with Crippen molar-refractivity contribution in [1.29, 1.82) is 0 Å². The van der Waals surface area contributed by atoms with Crippen LogP contribution in [0.5, 0.6) is 0 Å². The minimum absolute atomic E-state index is 0.294. The molecule has 4 rings (SSSR count). The molecule has 0 amide bonds. The summed E-state index contributed by atoms with van der Waals surface area (Å²) in [6, 6.07) is 10.4. The zero-order chi connectivity index (χ0) is 22.6. The van der Waals surface area contributed by atoms with Crippen LogP contribution < -0.4 is 10.2 Å². The third-order valence-corrected chi connectivity index (χ3v) is 7.14. The predicted octanol–water partition coefficient (Wildman–Crippen LogP) is 5.75. The SMILES string of the molecule is CNCc1cccc(CCC2CCCN(c3ncnc4sc(CC(F)(F)F)cc34)CC2)c1. The Balaban J connectivity index is 1.40. The number of nitrogens with one attached hydrogen (secondary N) is 1. The fourth-order valence-electron chi connectivity index (χ4n) is 4.57. The Hall–Kier alpha value is -2.19. The van der Waals surface area contributed by atoms with Gasteiger partial charge in [0, 0.05) is 24.5 Å². The van der Waals surface area contributed by atoms with E-state index >= 15 is 0 Å². The molecule has 1 unspecified atom stereocenters. The molecule has 1 aromatic carbocycles. The van der Waals surface area contributed by atoms with Crippen LogP contribution in [0.4, 0.5) is 19.0 Å². The van der Waals surface area contributed by atoms with Gasteiger partial charge in [-0.05, 0) is 62.3 Å². The number of halogens is 3. The maximum atomic E-state index is 12.8. The summed E-state index contributed by atoms with van der Waals surface area (Å²) in [6.07, 6.45) is 1.89. The lowest BCUT2D eigenvalue weighted by molar-refractivity contribution is -0.126. The number of benzene rings is 1. The van der Waals surface area contributed by atoms with Crippen molar-refractivity contribution in [2.24, 2.45) is 5.92 Å². The third-order valence-electron chi connectivity index (χ3n) is 6.09. The standard InChI is InChI=1S/C24H29F3N4S/c1-28-15-19-5-2-4-18(12-19)8-7-17-6-3-10-31(11-9-17)22-21-13-20(14-24(25,26)27)32-23(21)30-16-29-22/h2,4-5,12-13,16-17,28H,3,6-11,14-15H2,1H3. The van der Waals surface area contributed by atoms with Gasteiger partial charge in [0.2, 0.25) is 0 Å². The molecule has 32 heavy (non-hydrogen) atoms. The number of hydrogen-bond donors (Lipinski definition) is 1. The van der Waals surface area contributed by atoms with Crippen LogP contribution in [0, 0.1) is 5.92 Å². The first-order valence-electron chi connectivity index (χ1n) is 11.2. The Morgan fingerprint density at radius 1 is 1.12 bits per heavy atom. The van der Waals surface area contributed by atoms with E-state index in [1.165, 1.54) is 23.9 Å². The Kier molecular flexibility index (Phi) is 7.30. The summed E-state index contributed by atoms with van der Waals surface area (Å²) in [5.41, 5.74) is 2.69. The van der Waals surface area contributed by atoms with Crippen LogP contribution in [0.2, 0.25) is 0 Å². The molecule has 2 aromatic heterocycles. The summed E-state index contributed by atoms with van der Waals surface area (Å²) in [5.74, 6) is 1.42. The van der Waals surface area contributed by atoms with E-state index in [0.717, 1.165) is 67.9 Å². The van der Waals surface area contributed by atoms with Crippen molar-refractivity contribution in [3.63, 3.8) is 0 Å². The molecule has 0 saturated carbocycles. The smallest absolute Gasteiger partial charge is 0.356 e. The lowest BCUT2D eigenvalue weighted by atomic mass is 9.93. The van der Waals surface area contributed by atoms with Gasteiger partial charge in [0.15, 0.2) is 0 Å². The Morgan fingerprint density at radius 3 is 2.78 bits per heavy atom. The van der Waals surface area contributed by atoms with E-state index in [-0.39, 0.29) is 0 Å². The number of aromatic nitrogens is 2. The van der Waals surface area contributed by atoms with Gasteiger partial charge in [-0.2, -0.15) is 13.2 Å². The molecule has 1 atom stereocenters. The van der Waals surface area contributed by atoms with E-state index in [9.17, 15) is 13.2 Å². The van der Waals surface area contributed by atoms with Crippen molar-refractivity contribution in [1.82, 2.24) is 15.3 Å². The van der Waals surface area contributed by atoms with E-state index in [2.05, 4.69) is 44.5 Å².